The minimum atomic E-state index is -0.592. The maximum absolute atomic E-state index is 13.3. The Labute approximate surface area is 225 Å². The van der Waals surface area contributed by atoms with E-state index in [0.29, 0.717) is 24.1 Å². The molecule has 2 amide bonds. The zero-order valence-corrected chi connectivity index (χ0v) is 21.8. The van der Waals surface area contributed by atoms with Crippen LogP contribution in [0.5, 0.6) is 5.75 Å². The van der Waals surface area contributed by atoms with E-state index in [1.807, 2.05) is 88.7 Å². The van der Waals surface area contributed by atoms with Crippen LogP contribution in [0.2, 0.25) is 0 Å². The lowest BCUT2D eigenvalue weighted by atomic mass is 10.0. The van der Waals surface area contributed by atoms with Crippen LogP contribution in [0.15, 0.2) is 88.8 Å². The number of amidine groups is 2. The zero-order chi connectivity index (χ0) is 26.1. The fraction of sp³-hybridized carbons (Fsp3) is 0.241. The highest BCUT2D eigenvalue weighted by Crippen LogP contribution is 2.39. The van der Waals surface area contributed by atoms with Crippen LogP contribution >= 0.6 is 11.8 Å². The first-order valence-electron chi connectivity index (χ1n) is 12.6. The predicted octanol–water partition coefficient (Wildman–Crippen LogP) is 4.11. The average Bonchev–Trinajstić information content (AvgIpc) is 3.33. The molecule has 0 aromatic heterocycles. The molecule has 3 aromatic carbocycles. The topological polar surface area (TPSA) is 77.8 Å². The number of methoxy groups -OCH3 is 1. The first kappa shape index (κ1) is 24.2. The number of carbonyl (C=O) groups is 2. The summed E-state index contributed by atoms with van der Waals surface area (Å²) in [5.74, 6) is 1.49. The minimum absolute atomic E-state index is 0.0523. The molecule has 1 atom stereocenters. The van der Waals surface area contributed by atoms with Gasteiger partial charge < -0.3 is 14.5 Å². The normalized spacial score (nSPS) is 18.5. The van der Waals surface area contributed by atoms with Crippen molar-refractivity contribution in [2.24, 2.45) is 9.98 Å². The molecule has 9 heteroatoms. The second-order valence-corrected chi connectivity index (χ2v) is 10.1. The summed E-state index contributed by atoms with van der Waals surface area (Å²) < 4.78 is 5.51. The number of thioether (sulfide) groups is 1. The standard InChI is InChI=1S/C29H27N5O3S/c1-37-24-14-8-7-13-23(24)32-15-17-33(18-16-32)25(35)19-38-29-30-22-12-6-5-11-21(22)27-31-28(36)26(34(27)29)20-9-3-2-4-10-20/h2-14,26H,15-19H2,1H3. The molecule has 3 aromatic rings. The van der Waals surface area contributed by atoms with Crippen molar-refractivity contribution in [3.05, 3.63) is 90.0 Å². The number of para-hydroxylation sites is 3. The fourth-order valence-corrected chi connectivity index (χ4v) is 6.02. The van der Waals surface area contributed by atoms with Gasteiger partial charge in [0.1, 0.15) is 17.6 Å². The van der Waals surface area contributed by atoms with Crippen molar-refractivity contribution in [1.82, 2.24) is 9.80 Å². The van der Waals surface area contributed by atoms with E-state index in [1.54, 1.807) is 7.11 Å². The van der Waals surface area contributed by atoms with Crippen LogP contribution in [0.3, 0.4) is 0 Å². The number of hydrogen-bond donors (Lipinski definition) is 0. The summed E-state index contributed by atoms with van der Waals surface area (Å²) in [6.45, 7) is 2.74. The average molecular weight is 526 g/mol. The Morgan fingerprint density at radius 1 is 0.921 bits per heavy atom. The summed E-state index contributed by atoms with van der Waals surface area (Å²) in [7, 11) is 1.68. The molecule has 192 valence electrons. The number of benzene rings is 3. The van der Waals surface area contributed by atoms with Gasteiger partial charge in [-0.05, 0) is 29.8 Å². The number of anilines is 1. The van der Waals surface area contributed by atoms with Crippen molar-refractivity contribution in [3.63, 3.8) is 0 Å². The van der Waals surface area contributed by atoms with Crippen LogP contribution in [-0.4, -0.2) is 71.7 Å². The molecular formula is C29H27N5O3S. The van der Waals surface area contributed by atoms with Gasteiger partial charge >= 0.3 is 0 Å². The lowest BCUT2D eigenvalue weighted by Crippen LogP contribution is -2.49. The van der Waals surface area contributed by atoms with Crippen LogP contribution in [0.4, 0.5) is 11.4 Å². The lowest BCUT2D eigenvalue weighted by molar-refractivity contribution is -0.128. The van der Waals surface area contributed by atoms with Crippen molar-refractivity contribution in [3.8, 4) is 5.75 Å². The third-order valence-corrected chi connectivity index (χ3v) is 7.94. The largest absolute Gasteiger partial charge is 0.495 e. The van der Waals surface area contributed by atoms with Gasteiger partial charge in [-0.15, -0.1) is 0 Å². The van der Waals surface area contributed by atoms with E-state index in [4.69, 9.17) is 9.73 Å². The van der Waals surface area contributed by atoms with E-state index in [9.17, 15) is 9.59 Å². The molecule has 0 radical (unpaired) electrons. The molecule has 3 aliphatic heterocycles. The van der Waals surface area contributed by atoms with Crippen LogP contribution in [-0.2, 0) is 9.59 Å². The van der Waals surface area contributed by atoms with Gasteiger partial charge in [0.15, 0.2) is 5.17 Å². The van der Waals surface area contributed by atoms with Crippen molar-refractivity contribution in [2.45, 2.75) is 6.04 Å². The Kier molecular flexibility index (Phi) is 6.59. The van der Waals surface area contributed by atoms with Gasteiger partial charge in [-0.3, -0.25) is 14.5 Å². The molecule has 6 rings (SSSR count). The SMILES string of the molecule is COc1ccccc1N1CCN(C(=O)CSC2=Nc3ccccc3C3=NC(=O)C(c4ccccc4)N23)CC1. The molecule has 0 bridgehead atoms. The third kappa shape index (κ3) is 4.43. The molecule has 3 heterocycles. The van der Waals surface area contributed by atoms with Gasteiger partial charge in [0.2, 0.25) is 5.91 Å². The van der Waals surface area contributed by atoms with E-state index in [0.717, 1.165) is 41.3 Å². The lowest BCUT2D eigenvalue weighted by Gasteiger charge is -2.37. The quantitative estimate of drug-likeness (QED) is 0.499. The van der Waals surface area contributed by atoms with Gasteiger partial charge in [0.25, 0.3) is 5.91 Å². The van der Waals surface area contributed by atoms with Crippen molar-refractivity contribution < 1.29 is 14.3 Å². The van der Waals surface area contributed by atoms with Crippen molar-refractivity contribution >= 4 is 46.0 Å². The minimum Gasteiger partial charge on any atom is -0.495 e. The number of aliphatic imine (C=N–C) groups is 2. The number of piperazine rings is 1. The monoisotopic (exact) mass is 525 g/mol. The number of ether oxygens (including phenoxy) is 1. The van der Waals surface area contributed by atoms with Crippen molar-refractivity contribution in [1.29, 1.82) is 0 Å². The summed E-state index contributed by atoms with van der Waals surface area (Å²) in [5, 5.41) is 0.614. The molecule has 1 unspecified atom stereocenters. The van der Waals surface area contributed by atoms with Crippen molar-refractivity contribution in [2.75, 3.05) is 43.9 Å². The Bertz CT molecular complexity index is 1430. The van der Waals surface area contributed by atoms with E-state index >= 15 is 0 Å². The molecule has 0 spiro atoms. The first-order valence-corrected chi connectivity index (χ1v) is 13.6. The Hall–Kier alpha value is -4.11. The first-order chi connectivity index (χ1) is 18.6. The highest BCUT2D eigenvalue weighted by Gasteiger charge is 2.42. The number of carbonyl (C=O) groups excluding carboxylic acids is 2. The fourth-order valence-electron chi connectivity index (χ4n) is 5.09. The van der Waals surface area contributed by atoms with Gasteiger partial charge in [-0.2, -0.15) is 4.99 Å². The predicted molar refractivity (Wildman–Crippen MR) is 150 cm³/mol. The molecule has 1 saturated heterocycles. The maximum atomic E-state index is 13.3. The van der Waals surface area contributed by atoms with Gasteiger partial charge in [-0.1, -0.05) is 66.4 Å². The molecular weight excluding hydrogens is 498 g/mol. The molecule has 1 fully saturated rings. The Morgan fingerprint density at radius 3 is 2.42 bits per heavy atom. The zero-order valence-electron chi connectivity index (χ0n) is 21.0. The second kappa shape index (κ2) is 10.3. The molecule has 0 aliphatic carbocycles. The molecule has 0 N–H and O–H groups in total. The van der Waals surface area contributed by atoms with Gasteiger partial charge in [-0.25, -0.2) is 4.99 Å². The summed E-state index contributed by atoms with van der Waals surface area (Å²) >= 11 is 1.36. The summed E-state index contributed by atoms with van der Waals surface area (Å²) in [6, 6.07) is 24.6. The molecule has 8 nitrogen and oxygen atoms in total. The summed E-state index contributed by atoms with van der Waals surface area (Å²) in [4.78, 5) is 41.7. The van der Waals surface area contributed by atoms with Crippen LogP contribution < -0.4 is 9.64 Å². The van der Waals surface area contributed by atoms with E-state index < -0.39 is 6.04 Å². The summed E-state index contributed by atoms with van der Waals surface area (Å²) in [6.07, 6.45) is 0. The third-order valence-electron chi connectivity index (χ3n) is 7.00. The number of amides is 2. The van der Waals surface area contributed by atoms with E-state index in [2.05, 4.69) is 9.89 Å². The Morgan fingerprint density at radius 2 is 1.63 bits per heavy atom. The second-order valence-electron chi connectivity index (χ2n) is 9.20. The number of rotatable bonds is 5. The van der Waals surface area contributed by atoms with Gasteiger partial charge in [0.05, 0.1) is 24.2 Å². The smallest absolute Gasteiger partial charge is 0.275 e. The van der Waals surface area contributed by atoms with Crippen LogP contribution in [0, 0.1) is 0 Å². The van der Waals surface area contributed by atoms with E-state index in [-0.39, 0.29) is 17.6 Å². The summed E-state index contributed by atoms with van der Waals surface area (Å²) in [5.41, 5.74) is 3.47. The molecule has 3 aliphatic rings. The highest BCUT2D eigenvalue weighted by atomic mass is 32.2. The van der Waals surface area contributed by atoms with Gasteiger partial charge in [0, 0.05) is 31.7 Å². The number of fused-ring (bicyclic) bond motifs is 3. The van der Waals surface area contributed by atoms with Crippen LogP contribution in [0.1, 0.15) is 17.2 Å². The number of nitrogens with zero attached hydrogens (tertiary/aromatic N) is 5. The highest BCUT2D eigenvalue weighted by molar-refractivity contribution is 8.14. The molecule has 0 saturated carbocycles. The Balaban J connectivity index is 1.18. The van der Waals surface area contributed by atoms with E-state index in [1.165, 1.54) is 11.8 Å². The maximum Gasteiger partial charge on any atom is 0.275 e. The number of hydrogen-bond acceptors (Lipinski definition) is 7. The molecule has 38 heavy (non-hydrogen) atoms. The van der Waals surface area contributed by atoms with Crippen LogP contribution in [0.25, 0.3) is 0 Å².